The Labute approximate surface area is 105 Å². The van der Waals surface area contributed by atoms with Crippen molar-refractivity contribution in [2.45, 2.75) is 59.9 Å². The maximum absolute atomic E-state index is 11.9. The van der Waals surface area contributed by atoms with Gasteiger partial charge in [0.2, 0.25) is 8.32 Å². The monoisotopic (exact) mass is 259 g/mol. The average molecular weight is 259 g/mol. The van der Waals surface area contributed by atoms with Crippen LogP contribution in [0.25, 0.3) is 0 Å². The summed E-state index contributed by atoms with van der Waals surface area (Å²) in [5.74, 6) is -0.371. The van der Waals surface area contributed by atoms with E-state index in [0.717, 1.165) is 0 Å². The van der Waals surface area contributed by atoms with Crippen LogP contribution in [0.2, 0.25) is 19.6 Å². The first-order chi connectivity index (χ1) is 7.42. The highest BCUT2D eigenvalue weighted by molar-refractivity contribution is 6.72. The van der Waals surface area contributed by atoms with Crippen LogP contribution in [-0.4, -0.2) is 25.6 Å². The van der Waals surface area contributed by atoms with E-state index in [4.69, 9.17) is 9.26 Å². The Hall–Kier alpha value is -0.843. The Morgan fingerprint density at radius 2 is 1.65 bits per heavy atom. The molecule has 0 aromatic rings. The predicted molar refractivity (Wildman–Crippen MR) is 72.5 cm³/mol. The second-order valence-electron chi connectivity index (χ2n) is 6.34. The largest absolute Gasteiger partial charge is 0.515 e. The van der Waals surface area contributed by atoms with Gasteiger partial charge in [-0.25, -0.2) is 4.79 Å². The summed E-state index contributed by atoms with van der Waals surface area (Å²) in [6, 6.07) is 0. The van der Waals surface area contributed by atoms with Gasteiger partial charge >= 0.3 is 5.97 Å². The minimum Gasteiger partial charge on any atom is -0.515 e. The molecule has 0 rings (SSSR count). The first kappa shape index (κ1) is 16.2. The van der Waals surface area contributed by atoms with E-state index >= 15 is 0 Å². The summed E-state index contributed by atoms with van der Waals surface area (Å²) in [5, 5.41) is 3.94. The Morgan fingerprint density at radius 3 is 1.94 bits per heavy atom. The number of hydrogen-bond donors (Lipinski definition) is 0. The van der Waals surface area contributed by atoms with E-state index in [1.54, 1.807) is 0 Å². The van der Waals surface area contributed by atoms with Crippen molar-refractivity contribution in [1.82, 2.24) is 0 Å². The second-order valence-corrected chi connectivity index (χ2v) is 10.8. The number of nitrogens with zero attached hydrogens (tertiary/aromatic N) is 1. The van der Waals surface area contributed by atoms with E-state index in [-0.39, 0.29) is 11.9 Å². The van der Waals surface area contributed by atoms with E-state index in [0.29, 0.717) is 5.71 Å². The zero-order chi connectivity index (χ0) is 13.9. The van der Waals surface area contributed by atoms with Crippen molar-refractivity contribution in [3.63, 3.8) is 0 Å². The lowest BCUT2D eigenvalue weighted by Crippen LogP contribution is -2.35. The molecule has 0 unspecified atom stereocenters. The van der Waals surface area contributed by atoms with Gasteiger partial charge in [-0.3, -0.25) is 0 Å². The van der Waals surface area contributed by atoms with Gasteiger partial charge in [0.15, 0.2) is 5.71 Å². The smallest absolute Gasteiger partial charge is 0.343 e. The standard InChI is InChI=1S/C12H25NO3Si/c1-9(2)10(13-16-12(3,4)5)11(14)15-17(6,7)8/h9H,1-8H3/b13-10+. The van der Waals surface area contributed by atoms with Crippen LogP contribution in [0.5, 0.6) is 0 Å². The summed E-state index contributed by atoms with van der Waals surface area (Å²) < 4.78 is 5.42. The summed E-state index contributed by atoms with van der Waals surface area (Å²) in [5.41, 5.74) is -0.0538. The molecule has 5 heteroatoms. The van der Waals surface area contributed by atoms with Crippen LogP contribution in [-0.2, 0) is 14.1 Å². The van der Waals surface area contributed by atoms with Crippen molar-refractivity contribution in [1.29, 1.82) is 0 Å². The fourth-order valence-corrected chi connectivity index (χ4v) is 1.56. The van der Waals surface area contributed by atoms with Gasteiger partial charge in [0.25, 0.3) is 0 Å². The molecule has 100 valence electrons. The number of carbonyl (C=O) groups excluding carboxylic acids is 1. The third-order valence-electron chi connectivity index (χ3n) is 1.57. The molecular formula is C12H25NO3Si. The lowest BCUT2D eigenvalue weighted by atomic mass is 10.1. The van der Waals surface area contributed by atoms with Crippen LogP contribution >= 0.6 is 0 Å². The first-order valence-electron chi connectivity index (χ1n) is 5.92. The zero-order valence-electron chi connectivity index (χ0n) is 12.2. The fraction of sp³-hybridized carbons (Fsp3) is 0.833. The van der Waals surface area contributed by atoms with Crippen molar-refractivity contribution < 1.29 is 14.1 Å². The molecule has 0 bridgehead atoms. The van der Waals surface area contributed by atoms with Gasteiger partial charge in [-0.1, -0.05) is 19.0 Å². The Kier molecular flexibility index (Phi) is 5.38. The quantitative estimate of drug-likeness (QED) is 0.442. The number of rotatable bonds is 4. The lowest BCUT2D eigenvalue weighted by Gasteiger charge is -2.21. The van der Waals surface area contributed by atoms with Gasteiger partial charge in [-0.2, -0.15) is 0 Å². The number of oxime groups is 1. The maximum Gasteiger partial charge on any atom is 0.343 e. The number of hydrogen-bond acceptors (Lipinski definition) is 4. The van der Waals surface area contributed by atoms with Crippen LogP contribution in [0, 0.1) is 5.92 Å². The van der Waals surface area contributed by atoms with Gasteiger partial charge in [0.1, 0.15) is 5.60 Å². The minimum atomic E-state index is -1.89. The molecule has 0 amide bonds. The molecule has 0 aromatic carbocycles. The molecule has 0 N–H and O–H groups in total. The van der Waals surface area contributed by atoms with Crippen molar-refractivity contribution in [2.24, 2.45) is 11.1 Å². The maximum atomic E-state index is 11.9. The van der Waals surface area contributed by atoms with Crippen LogP contribution in [0.15, 0.2) is 5.16 Å². The molecule has 0 aliphatic carbocycles. The van der Waals surface area contributed by atoms with Crippen LogP contribution in [0.1, 0.15) is 34.6 Å². The molecule has 0 spiro atoms. The van der Waals surface area contributed by atoms with Gasteiger partial charge in [-0.15, -0.1) is 0 Å². The van der Waals surface area contributed by atoms with Crippen molar-refractivity contribution in [2.75, 3.05) is 0 Å². The predicted octanol–water partition coefficient (Wildman–Crippen LogP) is 3.19. The van der Waals surface area contributed by atoms with E-state index in [2.05, 4.69) is 5.16 Å². The van der Waals surface area contributed by atoms with E-state index in [1.165, 1.54) is 0 Å². The Balaban J connectivity index is 4.81. The summed E-state index contributed by atoms with van der Waals surface area (Å²) in [4.78, 5) is 17.2. The van der Waals surface area contributed by atoms with Gasteiger partial charge < -0.3 is 9.26 Å². The summed E-state index contributed by atoms with van der Waals surface area (Å²) in [6.45, 7) is 15.4. The summed E-state index contributed by atoms with van der Waals surface area (Å²) in [6.07, 6.45) is 0. The molecular weight excluding hydrogens is 234 g/mol. The normalized spacial score (nSPS) is 13.8. The molecule has 4 nitrogen and oxygen atoms in total. The van der Waals surface area contributed by atoms with Gasteiger partial charge in [-0.05, 0) is 40.4 Å². The van der Waals surface area contributed by atoms with E-state index in [9.17, 15) is 4.79 Å². The van der Waals surface area contributed by atoms with Crippen molar-refractivity contribution in [3.8, 4) is 0 Å². The van der Waals surface area contributed by atoms with Crippen LogP contribution in [0.4, 0.5) is 0 Å². The molecule has 0 radical (unpaired) electrons. The van der Waals surface area contributed by atoms with E-state index < -0.39 is 13.9 Å². The third kappa shape index (κ3) is 7.96. The summed E-state index contributed by atoms with van der Waals surface area (Å²) in [7, 11) is -1.89. The molecule has 0 aromatic heterocycles. The molecule has 0 saturated carbocycles. The highest BCUT2D eigenvalue weighted by atomic mass is 28.4. The summed E-state index contributed by atoms with van der Waals surface area (Å²) >= 11 is 0. The first-order valence-corrected chi connectivity index (χ1v) is 9.32. The van der Waals surface area contributed by atoms with Crippen molar-refractivity contribution in [3.05, 3.63) is 0 Å². The van der Waals surface area contributed by atoms with Gasteiger partial charge in [0, 0.05) is 5.92 Å². The van der Waals surface area contributed by atoms with E-state index in [1.807, 2.05) is 54.3 Å². The zero-order valence-corrected chi connectivity index (χ0v) is 13.2. The molecule has 0 atom stereocenters. The van der Waals surface area contributed by atoms with Crippen LogP contribution in [0.3, 0.4) is 0 Å². The third-order valence-corrected chi connectivity index (χ3v) is 2.37. The Morgan fingerprint density at radius 1 is 1.18 bits per heavy atom. The van der Waals surface area contributed by atoms with Crippen molar-refractivity contribution >= 4 is 20.0 Å². The molecule has 0 aliphatic heterocycles. The SMILES string of the molecule is CC(C)/C(=N\OC(C)(C)C)C(=O)O[Si](C)(C)C. The number of carbonyl (C=O) groups is 1. The lowest BCUT2D eigenvalue weighted by molar-refractivity contribution is -0.128. The molecule has 0 heterocycles. The Bertz CT molecular complexity index is 298. The minimum absolute atomic E-state index is 0.0128. The molecule has 0 fully saturated rings. The highest BCUT2D eigenvalue weighted by Gasteiger charge is 2.26. The average Bonchev–Trinajstić information content (AvgIpc) is 1.96. The molecule has 0 aliphatic rings. The molecule has 17 heavy (non-hydrogen) atoms. The highest BCUT2D eigenvalue weighted by Crippen LogP contribution is 2.12. The van der Waals surface area contributed by atoms with Crippen LogP contribution < -0.4 is 0 Å². The molecule has 0 saturated heterocycles. The van der Waals surface area contributed by atoms with Gasteiger partial charge in [0.05, 0.1) is 0 Å². The fourth-order valence-electron chi connectivity index (χ4n) is 0.895. The topological polar surface area (TPSA) is 47.9 Å². The second kappa shape index (κ2) is 5.66.